The van der Waals surface area contributed by atoms with Crippen LogP contribution in [0.3, 0.4) is 0 Å². The molecule has 0 aliphatic carbocycles. The number of nitrogens with zero attached hydrogens (tertiary/aromatic N) is 3. The van der Waals surface area contributed by atoms with Crippen LogP contribution in [0.5, 0.6) is 11.5 Å². The van der Waals surface area contributed by atoms with Crippen LogP contribution >= 0.6 is 11.3 Å². The van der Waals surface area contributed by atoms with Crippen molar-refractivity contribution in [3.63, 3.8) is 0 Å². The number of likely N-dealkylation sites (tertiary alicyclic amines) is 1. The predicted molar refractivity (Wildman–Crippen MR) is 125 cm³/mol. The molecular weight excluding hydrogens is 462 g/mol. The number of ether oxygens (including phenoxy) is 2. The van der Waals surface area contributed by atoms with Crippen LogP contribution in [0, 0.1) is 0 Å². The van der Waals surface area contributed by atoms with E-state index in [9.17, 15) is 13.2 Å². The van der Waals surface area contributed by atoms with Crippen LogP contribution in [-0.2, 0) is 14.8 Å². The fourth-order valence-electron chi connectivity index (χ4n) is 4.72. The van der Waals surface area contributed by atoms with Crippen molar-refractivity contribution >= 4 is 27.3 Å². The topological polar surface area (TPSA) is 79.4 Å². The van der Waals surface area contributed by atoms with Gasteiger partial charge >= 0.3 is 0 Å². The molecule has 33 heavy (non-hydrogen) atoms. The Labute approximate surface area is 198 Å². The maximum absolute atomic E-state index is 13.2. The zero-order valence-corrected chi connectivity index (χ0v) is 20.2. The van der Waals surface area contributed by atoms with E-state index in [4.69, 9.17) is 9.47 Å². The third-order valence-electron chi connectivity index (χ3n) is 6.52. The monoisotopic (exact) mass is 491 g/mol. The second-order valence-corrected chi connectivity index (χ2v) is 11.5. The Hall–Kier alpha value is -2.14. The van der Waals surface area contributed by atoms with E-state index in [0.29, 0.717) is 50.4 Å². The molecule has 4 heterocycles. The van der Waals surface area contributed by atoms with E-state index in [2.05, 4.69) is 22.4 Å². The molecule has 8 nitrogen and oxygen atoms in total. The number of carbonyl (C=O) groups is 1. The van der Waals surface area contributed by atoms with Gasteiger partial charge in [-0.1, -0.05) is 6.07 Å². The lowest BCUT2D eigenvalue weighted by Gasteiger charge is -2.35. The summed E-state index contributed by atoms with van der Waals surface area (Å²) in [6, 6.07) is 9.29. The minimum Gasteiger partial charge on any atom is -0.490 e. The molecule has 0 N–H and O–H groups in total. The summed E-state index contributed by atoms with van der Waals surface area (Å²) < 4.78 is 39.1. The Morgan fingerprint density at radius 1 is 1.00 bits per heavy atom. The number of benzene rings is 1. The molecular formula is C23H29N3O5S2. The van der Waals surface area contributed by atoms with Crippen molar-refractivity contribution < 1.29 is 22.7 Å². The average Bonchev–Trinajstić information content (AvgIpc) is 3.46. The first-order valence-corrected chi connectivity index (χ1v) is 13.8. The molecule has 1 atom stereocenters. The number of rotatable bonds is 5. The molecule has 2 saturated heterocycles. The number of amides is 1. The van der Waals surface area contributed by atoms with Gasteiger partial charge in [0.25, 0.3) is 0 Å². The van der Waals surface area contributed by atoms with Gasteiger partial charge in [0.1, 0.15) is 0 Å². The molecule has 0 bridgehead atoms. The van der Waals surface area contributed by atoms with E-state index in [0.717, 1.165) is 25.8 Å². The highest BCUT2D eigenvalue weighted by atomic mass is 32.2. The zero-order chi connectivity index (χ0) is 22.8. The van der Waals surface area contributed by atoms with Crippen molar-refractivity contribution in [3.8, 4) is 11.5 Å². The Balaban J connectivity index is 1.20. The van der Waals surface area contributed by atoms with Crippen LogP contribution < -0.4 is 9.47 Å². The number of hydrogen-bond donors (Lipinski definition) is 0. The Morgan fingerprint density at radius 2 is 1.79 bits per heavy atom. The first-order valence-electron chi connectivity index (χ1n) is 11.5. The van der Waals surface area contributed by atoms with Crippen molar-refractivity contribution in [2.75, 3.05) is 52.5 Å². The number of carbonyl (C=O) groups excluding carboxylic acids is 1. The van der Waals surface area contributed by atoms with E-state index in [-0.39, 0.29) is 23.9 Å². The fraction of sp³-hybridized carbons (Fsp3) is 0.522. The summed E-state index contributed by atoms with van der Waals surface area (Å²) in [5, 5.41) is 2.08. The maximum Gasteiger partial charge on any atom is 0.243 e. The maximum atomic E-state index is 13.2. The van der Waals surface area contributed by atoms with Gasteiger partial charge in [0, 0.05) is 49.6 Å². The van der Waals surface area contributed by atoms with Gasteiger partial charge in [-0.25, -0.2) is 8.42 Å². The molecule has 1 aromatic carbocycles. The third kappa shape index (κ3) is 4.75. The van der Waals surface area contributed by atoms with E-state index in [1.54, 1.807) is 34.4 Å². The van der Waals surface area contributed by atoms with Gasteiger partial charge in [0.2, 0.25) is 15.9 Å². The highest BCUT2D eigenvalue weighted by molar-refractivity contribution is 7.89. The first kappa shape index (κ1) is 22.6. The number of fused-ring (bicyclic) bond motifs is 1. The van der Waals surface area contributed by atoms with Gasteiger partial charge in [-0.3, -0.25) is 9.69 Å². The molecule has 1 amide bonds. The summed E-state index contributed by atoms with van der Waals surface area (Å²) in [7, 11) is -3.67. The molecule has 0 saturated carbocycles. The van der Waals surface area contributed by atoms with Crippen LogP contribution in [-0.4, -0.2) is 80.9 Å². The van der Waals surface area contributed by atoms with E-state index in [1.807, 2.05) is 0 Å². The van der Waals surface area contributed by atoms with Crippen molar-refractivity contribution in [2.45, 2.75) is 30.2 Å². The summed E-state index contributed by atoms with van der Waals surface area (Å²) >= 11 is 1.74. The van der Waals surface area contributed by atoms with Gasteiger partial charge in [0.05, 0.1) is 24.7 Å². The molecule has 0 spiro atoms. The Morgan fingerprint density at radius 3 is 2.55 bits per heavy atom. The third-order valence-corrected chi connectivity index (χ3v) is 9.39. The Kier molecular flexibility index (Phi) is 6.60. The lowest BCUT2D eigenvalue weighted by Crippen LogP contribution is -2.52. The van der Waals surface area contributed by atoms with E-state index < -0.39 is 10.0 Å². The summed E-state index contributed by atoms with van der Waals surface area (Å²) in [5.74, 6) is 1.11. The van der Waals surface area contributed by atoms with Crippen LogP contribution in [0.25, 0.3) is 0 Å². The number of sulfonamides is 1. The van der Waals surface area contributed by atoms with Crippen LogP contribution in [0.1, 0.15) is 30.2 Å². The van der Waals surface area contributed by atoms with Gasteiger partial charge in [0.15, 0.2) is 11.5 Å². The SMILES string of the molecule is O=C(CN1CCC[C@@H]1c1cccs1)N1CCN(S(=O)(=O)c2ccc3c(c2)OCCCO3)CC1. The first-order chi connectivity index (χ1) is 16.0. The van der Waals surface area contributed by atoms with Gasteiger partial charge in [-0.15, -0.1) is 11.3 Å². The summed E-state index contributed by atoms with van der Waals surface area (Å²) in [6.07, 6.45) is 2.94. The number of hydrogen-bond acceptors (Lipinski definition) is 7. The smallest absolute Gasteiger partial charge is 0.243 e. The lowest BCUT2D eigenvalue weighted by atomic mass is 10.2. The summed E-state index contributed by atoms with van der Waals surface area (Å²) in [6.45, 7) is 3.75. The molecule has 0 radical (unpaired) electrons. The van der Waals surface area contributed by atoms with Crippen LogP contribution in [0.15, 0.2) is 40.6 Å². The fourth-order valence-corrected chi connectivity index (χ4v) is 7.06. The van der Waals surface area contributed by atoms with Crippen LogP contribution in [0.4, 0.5) is 0 Å². The van der Waals surface area contributed by atoms with Crippen LogP contribution in [0.2, 0.25) is 0 Å². The predicted octanol–water partition coefficient (Wildman–Crippen LogP) is 2.58. The summed E-state index contributed by atoms with van der Waals surface area (Å²) in [5.41, 5.74) is 0. The van der Waals surface area contributed by atoms with Crippen molar-refractivity contribution in [1.29, 1.82) is 0 Å². The van der Waals surface area contributed by atoms with Gasteiger partial charge < -0.3 is 14.4 Å². The summed E-state index contributed by atoms with van der Waals surface area (Å²) in [4.78, 5) is 18.5. The standard InChI is InChI=1S/C23H29N3O5S2/c27-23(17-25-8-1-4-19(25)22-5-2-15-32-22)24-9-11-26(12-10-24)33(28,29)18-6-7-20-21(16-18)31-14-3-13-30-20/h2,5-7,15-16,19H,1,3-4,8-14,17H2/t19-/m1/s1. The minimum atomic E-state index is -3.67. The molecule has 3 aliphatic heterocycles. The molecule has 1 aromatic heterocycles. The molecule has 0 unspecified atom stereocenters. The quantitative estimate of drug-likeness (QED) is 0.640. The number of thiophene rings is 1. The molecule has 3 aliphatic rings. The van der Waals surface area contributed by atoms with Crippen molar-refractivity contribution in [2.24, 2.45) is 0 Å². The Bertz CT molecular complexity index is 1080. The van der Waals surface area contributed by atoms with E-state index in [1.165, 1.54) is 9.18 Å². The second-order valence-electron chi connectivity index (χ2n) is 8.59. The molecule has 5 rings (SSSR count). The van der Waals surface area contributed by atoms with Gasteiger partial charge in [-0.2, -0.15) is 4.31 Å². The largest absolute Gasteiger partial charge is 0.490 e. The molecule has 178 valence electrons. The second kappa shape index (κ2) is 9.61. The van der Waals surface area contributed by atoms with Crippen molar-refractivity contribution in [3.05, 3.63) is 40.6 Å². The highest BCUT2D eigenvalue weighted by Crippen LogP contribution is 2.35. The molecule has 10 heteroatoms. The highest BCUT2D eigenvalue weighted by Gasteiger charge is 2.33. The lowest BCUT2D eigenvalue weighted by molar-refractivity contribution is -0.133. The van der Waals surface area contributed by atoms with Gasteiger partial charge in [-0.05, 0) is 43.0 Å². The van der Waals surface area contributed by atoms with Crippen molar-refractivity contribution in [1.82, 2.24) is 14.1 Å². The molecule has 2 fully saturated rings. The average molecular weight is 492 g/mol. The molecule has 2 aromatic rings. The normalized spacial score (nSPS) is 22.3. The zero-order valence-electron chi connectivity index (χ0n) is 18.5. The minimum absolute atomic E-state index is 0.0751. The number of piperazine rings is 1. The van der Waals surface area contributed by atoms with E-state index >= 15 is 0 Å².